The SMILES string of the molecule is Cc1ccc(Nc2nc(Nc3ccc4c(c3)CCC(N3C5COCC3C5)CC4)ncc2Cl)c(P(C)(C)=O)c1. The van der Waals surface area contributed by atoms with Gasteiger partial charge >= 0.3 is 0 Å². The molecule has 7 nitrogen and oxygen atoms in total. The van der Waals surface area contributed by atoms with Crippen molar-refractivity contribution < 1.29 is 9.30 Å². The number of morpholine rings is 1. The van der Waals surface area contributed by atoms with Crippen molar-refractivity contribution in [3.63, 3.8) is 0 Å². The maximum atomic E-state index is 12.9. The van der Waals surface area contributed by atoms with Crippen LogP contribution in [-0.2, 0) is 22.1 Å². The van der Waals surface area contributed by atoms with Crippen LogP contribution in [0.15, 0.2) is 42.6 Å². The standard InChI is InChI=1S/C29H35ClN5O2P/c1-18-4-11-26(27(12-18)38(2,3)36)33-28-25(30)15-31-29(34-28)32-21-8-5-19-6-9-22(10-7-20(19)13-21)35-23-14-24(35)17-37-16-23/h4-5,8,11-13,15,22-24H,6-7,9-10,14,16-17H2,1-3H3,(H2,31,32,33,34). The second kappa shape index (κ2) is 10.3. The zero-order valence-electron chi connectivity index (χ0n) is 22.2. The molecule has 0 amide bonds. The Balaban J connectivity index is 1.18. The lowest BCUT2D eigenvalue weighted by molar-refractivity contribution is -0.148. The molecular formula is C29H35ClN5O2P. The Bertz CT molecular complexity index is 1400. The Hall–Kier alpha value is -2.44. The molecule has 200 valence electrons. The lowest BCUT2D eigenvalue weighted by atomic mass is 9.87. The smallest absolute Gasteiger partial charge is 0.229 e. The van der Waals surface area contributed by atoms with Gasteiger partial charge in [-0.2, -0.15) is 4.98 Å². The van der Waals surface area contributed by atoms with Crippen molar-refractivity contribution in [2.45, 2.75) is 57.2 Å². The summed E-state index contributed by atoms with van der Waals surface area (Å²) in [5.74, 6) is 0.936. The molecule has 3 aromatic rings. The van der Waals surface area contributed by atoms with Crippen LogP contribution in [0.25, 0.3) is 0 Å². The average Bonchev–Trinajstić information content (AvgIpc) is 3.09. The number of nitrogens with zero attached hydrogens (tertiary/aromatic N) is 3. The molecule has 1 aromatic heterocycles. The molecule has 2 bridgehead atoms. The van der Waals surface area contributed by atoms with E-state index in [2.05, 4.69) is 43.7 Å². The topological polar surface area (TPSA) is 79.4 Å². The average molecular weight is 552 g/mol. The molecule has 0 radical (unpaired) electrons. The van der Waals surface area contributed by atoms with Crippen LogP contribution in [0.1, 0.15) is 36.0 Å². The van der Waals surface area contributed by atoms with Gasteiger partial charge in [-0.3, -0.25) is 4.90 Å². The molecule has 2 aromatic carbocycles. The van der Waals surface area contributed by atoms with Crippen LogP contribution in [0.2, 0.25) is 5.02 Å². The van der Waals surface area contributed by atoms with Crippen molar-refractivity contribution in [1.82, 2.24) is 14.9 Å². The summed E-state index contributed by atoms with van der Waals surface area (Å²) in [4.78, 5) is 11.8. The summed E-state index contributed by atoms with van der Waals surface area (Å²) in [6.07, 6.45) is 7.48. The van der Waals surface area contributed by atoms with Gasteiger partial charge < -0.3 is 19.9 Å². The highest BCUT2D eigenvalue weighted by atomic mass is 35.5. The molecule has 6 rings (SSSR count). The first-order valence-corrected chi connectivity index (χ1v) is 16.4. The number of fused-ring (bicyclic) bond motifs is 3. The largest absolute Gasteiger partial charge is 0.378 e. The maximum Gasteiger partial charge on any atom is 0.229 e. The third-order valence-electron chi connectivity index (χ3n) is 8.12. The Morgan fingerprint density at radius 3 is 2.50 bits per heavy atom. The lowest BCUT2D eigenvalue weighted by Crippen LogP contribution is -2.66. The van der Waals surface area contributed by atoms with Crippen LogP contribution in [0, 0.1) is 6.92 Å². The van der Waals surface area contributed by atoms with E-state index in [-0.39, 0.29) is 0 Å². The molecule has 2 aliphatic heterocycles. The molecule has 2 fully saturated rings. The van der Waals surface area contributed by atoms with Gasteiger partial charge in [0.2, 0.25) is 5.95 Å². The number of aryl methyl sites for hydroxylation is 3. The normalized spacial score (nSPS) is 23.2. The van der Waals surface area contributed by atoms with Gasteiger partial charge in [0.1, 0.15) is 12.2 Å². The van der Waals surface area contributed by atoms with Crippen LogP contribution in [-0.4, -0.2) is 59.5 Å². The summed E-state index contributed by atoms with van der Waals surface area (Å²) in [6, 6.07) is 14.4. The van der Waals surface area contributed by atoms with E-state index in [0.29, 0.717) is 34.9 Å². The highest BCUT2D eigenvalue weighted by Gasteiger charge is 2.45. The molecule has 38 heavy (non-hydrogen) atoms. The first kappa shape index (κ1) is 25.8. The monoisotopic (exact) mass is 551 g/mol. The van der Waals surface area contributed by atoms with E-state index in [1.807, 2.05) is 25.1 Å². The van der Waals surface area contributed by atoms with Gasteiger partial charge in [-0.15, -0.1) is 0 Å². The number of hydrogen-bond acceptors (Lipinski definition) is 7. The first-order valence-electron chi connectivity index (χ1n) is 13.4. The molecular weight excluding hydrogens is 517 g/mol. The van der Waals surface area contributed by atoms with E-state index in [1.54, 1.807) is 19.5 Å². The van der Waals surface area contributed by atoms with Crippen LogP contribution < -0.4 is 15.9 Å². The minimum absolute atomic E-state index is 0.401. The summed E-state index contributed by atoms with van der Waals surface area (Å²) < 4.78 is 18.6. The zero-order valence-corrected chi connectivity index (χ0v) is 23.9. The van der Waals surface area contributed by atoms with Crippen molar-refractivity contribution in [1.29, 1.82) is 0 Å². The van der Waals surface area contributed by atoms with E-state index in [9.17, 15) is 4.57 Å². The van der Waals surface area contributed by atoms with Crippen LogP contribution in [0.3, 0.4) is 0 Å². The van der Waals surface area contributed by atoms with Crippen molar-refractivity contribution >= 4 is 47.2 Å². The minimum atomic E-state index is -2.51. The lowest BCUT2D eigenvalue weighted by Gasteiger charge is -2.56. The fraction of sp³-hybridized carbons (Fsp3) is 0.448. The summed E-state index contributed by atoms with van der Waals surface area (Å²) in [6.45, 7) is 7.33. The number of hydrogen-bond donors (Lipinski definition) is 2. The number of halogens is 1. The predicted molar refractivity (Wildman–Crippen MR) is 156 cm³/mol. The van der Waals surface area contributed by atoms with E-state index in [4.69, 9.17) is 16.3 Å². The van der Waals surface area contributed by atoms with Gasteiger partial charge in [0.15, 0.2) is 5.82 Å². The minimum Gasteiger partial charge on any atom is -0.378 e. The summed E-state index contributed by atoms with van der Waals surface area (Å²) in [5, 5.41) is 7.84. The molecule has 2 N–H and O–H groups in total. The Morgan fingerprint density at radius 1 is 1.00 bits per heavy atom. The fourth-order valence-corrected chi connectivity index (χ4v) is 7.56. The number of aromatic nitrogens is 2. The number of ether oxygens (including phenoxy) is 1. The van der Waals surface area contributed by atoms with Crippen molar-refractivity contribution in [3.8, 4) is 0 Å². The highest BCUT2D eigenvalue weighted by Crippen LogP contribution is 2.40. The third-order valence-corrected chi connectivity index (χ3v) is 9.92. The molecule has 0 saturated carbocycles. The molecule has 3 unspecified atom stereocenters. The van der Waals surface area contributed by atoms with Gasteiger partial charge in [-0.25, -0.2) is 4.98 Å². The fourth-order valence-electron chi connectivity index (χ4n) is 6.19. The van der Waals surface area contributed by atoms with E-state index in [0.717, 1.165) is 48.3 Å². The molecule has 0 spiro atoms. The second-order valence-corrected chi connectivity index (χ2v) is 14.8. The number of rotatable bonds is 6. The van der Waals surface area contributed by atoms with Gasteiger partial charge in [0.25, 0.3) is 0 Å². The molecule has 9 heteroatoms. The number of anilines is 4. The van der Waals surface area contributed by atoms with Crippen molar-refractivity contribution in [2.24, 2.45) is 0 Å². The van der Waals surface area contributed by atoms with Gasteiger partial charge in [0.05, 0.1) is 25.1 Å². The van der Waals surface area contributed by atoms with Crippen molar-refractivity contribution in [3.05, 3.63) is 64.3 Å². The molecule has 3 heterocycles. The summed E-state index contributed by atoms with van der Waals surface area (Å²) >= 11 is 6.45. The van der Waals surface area contributed by atoms with Crippen LogP contribution >= 0.6 is 18.7 Å². The predicted octanol–water partition coefficient (Wildman–Crippen LogP) is 5.89. The third kappa shape index (κ3) is 5.22. The van der Waals surface area contributed by atoms with E-state index >= 15 is 0 Å². The van der Waals surface area contributed by atoms with Gasteiger partial charge in [0, 0.05) is 29.1 Å². The molecule has 3 atom stereocenters. The zero-order chi connectivity index (χ0) is 26.4. The summed E-state index contributed by atoms with van der Waals surface area (Å²) in [5.41, 5.74) is 5.61. The molecule has 3 aliphatic rings. The molecule has 1 aliphatic carbocycles. The number of benzene rings is 2. The Morgan fingerprint density at radius 2 is 1.76 bits per heavy atom. The van der Waals surface area contributed by atoms with Gasteiger partial charge in [-0.1, -0.05) is 29.3 Å². The first-order chi connectivity index (χ1) is 18.2. The highest BCUT2D eigenvalue weighted by molar-refractivity contribution is 7.70. The van der Waals surface area contributed by atoms with Gasteiger partial charge in [-0.05, 0) is 87.7 Å². The van der Waals surface area contributed by atoms with Crippen LogP contribution in [0.4, 0.5) is 23.1 Å². The quantitative estimate of drug-likeness (QED) is 0.292. The second-order valence-electron chi connectivity index (χ2n) is 11.3. The van der Waals surface area contributed by atoms with Crippen molar-refractivity contribution in [2.75, 3.05) is 37.2 Å². The summed E-state index contributed by atoms with van der Waals surface area (Å²) in [7, 11) is -2.51. The number of nitrogens with one attached hydrogen (secondary N) is 2. The van der Waals surface area contributed by atoms with E-state index in [1.165, 1.54) is 30.4 Å². The Kier molecular flexibility index (Phi) is 6.98. The van der Waals surface area contributed by atoms with E-state index < -0.39 is 7.14 Å². The molecule has 2 saturated heterocycles. The Labute approximate surface area is 229 Å². The van der Waals surface area contributed by atoms with Crippen LogP contribution in [0.5, 0.6) is 0 Å². The maximum absolute atomic E-state index is 12.9.